The molecule has 0 atom stereocenters. The normalized spacial score (nSPS) is 12.9. The van der Waals surface area contributed by atoms with E-state index in [0.717, 1.165) is 38.9 Å². The molecule has 1 N–H and O–H groups in total. The van der Waals surface area contributed by atoms with Crippen molar-refractivity contribution in [1.29, 1.82) is 0 Å². The molecule has 0 unspecified atom stereocenters. The Labute approximate surface area is 161 Å². The Morgan fingerprint density at radius 1 is 1.33 bits per heavy atom. The van der Waals surface area contributed by atoms with Crippen LogP contribution >= 0.6 is 0 Å². The van der Waals surface area contributed by atoms with Gasteiger partial charge in [-0.2, -0.15) is 0 Å². The number of aliphatic imine (C=N–C) groups is 1. The van der Waals surface area contributed by atoms with E-state index in [1.807, 2.05) is 24.1 Å². The molecule has 1 aliphatic rings. The summed E-state index contributed by atoms with van der Waals surface area (Å²) in [6, 6.07) is 5.18. The van der Waals surface area contributed by atoms with Crippen LogP contribution in [0, 0.1) is 5.82 Å². The first-order valence-corrected chi connectivity index (χ1v) is 9.15. The van der Waals surface area contributed by atoms with Crippen molar-refractivity contribution in [3.8, 4) is 0 Å². The summed E-state index contributed by atoms with van der Waals surface area (Å²) >= 11 is 0. The first kappa shape index (κ1) is 22.7. The number of carbonyl (C=O) groups is 1. The molecule has 1 aliphatic heterocycles. The van der Waals surface area contributed by atoms with Gasteiger partial charge >= 0.3 is 0 Å². The fourth-order valence-corrected chi connectivity index (χ4v) is 2.74. The first-order valence-electron chi connectivity index (χ1n) is 9.15. The van der Waals surface area contributed by atoms with Crippen molar-refractivity contribution < 1.29 is 14.3 Å². The SMILES string of the molecule is CC=O.CCN(CCN(C)CC1=CC=CN=CC1)c1cccc(CO)c1F. The van der Waals surface area contributed by atoms with Gasteiger partial charge in [0.05, 0.1) is 12.3 Å². The zero-order valence-corrected chi connectivity index (χ0v) is 16.4. The Bertz CT molecular complexity index is 671. The number of allylic oxidation sites excluding steroid dienone is 2. The smallest absolute Gasteiger partial charge is 0.151 e. The molecule has 0 aliphatic carbocycles. The zero-order chi connectivity index (χ0) is 20.1. The second kappa shape index (κ2) is 12.9. The number of hydrogen-bond donors (Lipinski definition) is 1. The van der Waals surface area contributed by atoms with Gasteiger partial charge < -0.3 is 19.7 Å². The second-order valence-corrected chi connectivity index (χ2v) is 6.16. The average molecular weight is 375 g/mol. The molecular weight excluding hydrogens is 345 g/mol. The minimum atomic E-state index is -0.322. The minimum Gasteiger partial charge on any atom is -0.392 e. The van der Waals surface area contributed by atoms with Gasteiger partial charge in [-0.3, -0.25) is 4.99 Å². The van der Waals surface area contributed by atoms with E-state index in [9.17, 15) is 9.50 Å². The van der Waals surface area contributed by atoms with Crippen LogP contribution in [0.3, 0.4) is 0 Å². The summed E-state index contributed by atoms with van der Waals surface area (Å²) in [5.41, 5.74) is 2.21. The standard InChI is InChI=1S/C19H26FN3O.C2H4O/c1-3-23(18-8-4-7-17(15-24)19(18)20)13-12-22(2)14-16-6-5-10-21-11-9-16;1-2-3/h4-8,10-11,24H,3,9,12-15H2,1-2H3;2H,1H3. The largest absolute Gasteiger partial charge is 0.392 e. The topological polar surface area (TPSA) is 56.1 Å². The third kappa shape index (κ3) is 7.85. The Kier molecular flexibility index (Phi) is 10.9. The summed E-state index contributed by atoms with van der Waals surface area (Å²) in [5.74, 6) is -0.322. The molecule has 27 heavy (non-hydrogen) atoms. The molecule has 0 spiro atoms. The molecule has 0 saturated carbocycles. The molecule has 0 radical (unpaired) electrons. The molecule has 1 aromatic rings. The zero-order valence-electron chi connectivity index (χ0n) is 16.4. The van der Waals surface area contributed by atoms with Gasteiger partial charge in [-0.05, 0) is 33.0 Å². The number of halogens is 1. The molecule has 5 nitrogen and oxygen atoms in total. The van der Waals surface area contributed by atoms with Crippen molar-refractivity contribution in [2.45, 2.75) is 26.9 Å². The Morgan fingerprint density at radius 2 is 2.07 bits per heavy atom. The van der Waals surface area contributed by atoms with Crippen LogP contribution < -0.4 is 4.90 Å². The Morgan fingerprint density at radius 3 is 2.74 bits per heavy atom. The summed E-state index contributed by atoms with van der Waals surface area (Å²) in [7, 11) is 2.07. The van der Waals surface area contributed by atoms with Crippen molar-refractivity contribution in [3.63, 3.8) is 0 Å². The van der Waals surface area contributed by atoms with Gasteiger partial charge in [-0.25, -0.2) is 4.39 Å². The van der Waals surface area contributed by atoms with Gasteiger partial charge in [0.1, 0.15) is 6.29 Å². The van der Waals surface area contributed by atoms with Gasteiger partial charge in [0.15, 0.2) is 5.82 Å². The number of anilines is 1. The molecule has 2 rings (SSSR count). The number of benzene rings is 1. The summed E-state index contributed by atoms with van der Waals surface area (Å²) in [6.45, 7) is 6.33. The van der Waals surface area contributed by atoms with Gasteiger partial charge in [0, 0.05) is 50.6 Å². The van der Waals surface area contributed by atoms with E-state index in [1.54, 1.807) is 24.4 Å². The second-order valence-electron chi connectivity index (χ2n) is 6.16. The highest BCUT2D eigenvalue weighted by atomic mass is 19.1. The van der Waals surface area contributed by atoms with Crippen molar-refractivity contribution >= 4 is 18.2 Å². The maximum Gasteiger partial charge on any atom is 0.151 e. The fraction of sp³-hybridized carbons (Fsp3) is 0.429. The highest BCUT2D eigenvalue weighted by molar-refractivity contribution is 5.63. The highest BCUT2D eigenvalue weighted by Crippen LogP contribution is 2.22. The lowest BCUT2D eigenvalue weighted by Gasteiger charge is -2.27. The Balaban J connectivity index is 0.00000114. The van der Waals surface area contributed by atoms with Crippen molar-refractivity contribution in [2.24, 2.45) is 4.99 Å². The molecule has 0 aromatic heterocycles. The van der Waals surface area contributed by atoms with Crippen LogP contribution in [0.4, 0.5) is 10.1 Å². The number of aliphatic hydroxyl groups is 1. The van der Waals surface area contributed by atoms with Crippen LogP contribution in [0.25, 0.3) is 0 Å². The Hall–Kier alpha value is -2.31. The molecule has 148 valence electrons. The van der Waals surface area contributed by atoms with E-state index in [2.05, 4.69) is 23.0 Å². The van der Waals surface area contributed by atoms with Gasteiger partial charge in [-0.1, -0.05) is 23.8 Å². The van der Waals surface area contributed by atoms with E-state index < -0.39 is 0 Å². The lowest BCUT2D eigenvalue weighted by Crippen LogP contribution is -2.34. The fourth-order valence-electron chi connectivity index (χ4n) is 2.74. The molecule has 0 fully saturated rings. The number of aldehydes is 1. The van der Waals surface area contributed by atoms with Crippen LogP contribution in [-0.4, -0.2) is 55.7 Å². The summed E-state index contributed by atoms with van der Waals surface area (Å²) in [4.78, 5) is 17.2. The summed E-state index contributed by atoms with van der Waals surface area (Å²) < 4.78 is 14.4. The van der Waals surface area contributed by atoms with Crippen molar-refractivity contribution in [2.75, 3.05) is 38.1 Å². The quantitative estimate of drug-likeness (QED) is 0.709. The maximum absolute atomic E-state index is 14.4. The van der Waals surface area contributed by atoms with Crippen LogP contribution in [0.2, 0.25) is 0 Å². The van der Waals surface area contributed by atoms with Gasteiger partial charge in [-0.15, -0.1) is 0 Å². The number of nitrogens with zero attached hydrogens (tertiary/aromatic N) is 3. The van der Waals surface area contributed by atoms with Crippen LogP contribution in [-0.2, 0) is 11.4 Å². The molecule has 0 saturated heterocycles. The van der Waals surface area contributed by atoms with Crippen LogP contribution in [0.15, 0.2) is 47.1 Å². The summed E-state index contributed by atoms with van der Waals surface area (Å²) in [6.07, 6.45) is 9.38. The van der Waals surface area contributed by atoms with Crippen LogP contribution in [0.1, 0.15) is 25.8 Å². The van der Waals surface area contributed by atoms with Gasteiger partial charge in [0.2, 0.25) is 0 Å². The van der Waals surface area contributed by atoms with E-state index in [4.69, 9.17) is 4.79 Å². The van der Waals surface area contributed by atoms with E-state index in [1.165, 1.54) is 12.5 Å². The van der Waals surface area contributed by atoms with E-state index in [-0.39, 0.29) is 12.4 Å². The lowest BCUT2D eigenvalue weighted by atomic mass is 10.1. The van der Waals surface area contributed by atoms with Crippen molar-refractivity contribution in [1.82, 2.24) is 4.90 Å². The predicted octanol–water partition coefficient (Wildman–Crippen LogP) is 3.20. The number of likely N-dealkylation sites (N-methyl/N-ethyl adjacent to an activating group) is 2. The predicted molar refractivity (Wildman–Crippen MR) is 110 cm³/mol. The highest BCUT2D eigenvalue weighted by Gasteiger charge is 2.14. The molecule has 0 amide bonds. The van der Waals surface area contributed by atoms with E-state index in [0.29, 0.717) is 11.3 Å². The molecule has 0 bridgehead atoms. The monoisotopic (exact) mass is 375 g/mol. The number of aliphatic hydroxyl groups excluding tert-OH is 1. The molecular formula is C21H30FN3O2. The van der Waals surface area contributed by atoms with Crippen molar-refractivity contribution in [3.05, 3.63) is 53.5 Å². The molecule has 1 aromatic carbocycles. The third-order valence-corrected chi connectivity index (χ3v) is 4.14. The summed E-state index contributed by atoms with van der Waals surface area (Å²) in [5, 5.41) is 9.23. The molecule has 1 heterocycles. The number of rotatable bonds is 8. The first-order chi connectivity index (χ1) is 13.1. The number of hydrogen-bond acceptors (Lipinski definition) is 5. The lowest BCUT2D eigenvalue weighted by molar-refractivity contribution is -0.106. The molecule has 6 heteroatoms. The average Bonchev–Trinajstić information content (AvgIpc) is 2.92. The third-order valence-electron chi connectivity index (χ3n) is 4.14. The number of carbonyl (C=O) groups excluding carboxylic acids is 1. The van der Waals surface area contributed by atoms with E-state index >= 15 is 0 Å². The minimum absolute atomic E-state index is 0.277. The van der Waals surface area contributed by atoms with Crippen LogP contribution in [0.5, 0.6) is 0 Å². The maximum atomic E-state index is 14.4. The van der Waals surface area contributed by atoms with Gasteiger partial charge in [0.25, 0.3) is 0 Å².